The molecule has 1 aromatic heterocycles. The van der Waals surface area contributed by atoms with Crippen molar-refractivity contribution < 1.29 is 4.79 Å². The molecule has 5 N–H and O–H groups in total. The van der Waals surface area contributed by atoms with Gasteiger partial charge in [-0.2, -0.15) is 0 Å². The lowest BCUT2D eigenvalue weighted by molar-refractivity contribution is 0.100. The summed E-state index contributed by atoms with van der Waals surface area (Å²) in [7, 11) is 0. The summed E-state index contributed by atoms with van der Waals surface area (Å²) < 4.78 is 0. The van der Waals surface area contributed by atoms with Crippen LogP contribution in [-0.4, -0.2) is 5.91 Å². The second-order valence-electron chi connectivity index (χ2n) is 2.13. The van der Waals surface area contributed by atoms with E-state index in [9.17, 15) is 4.79 Å². The first kappa shape index (κ1) is 8.03. The molecule has 0 saturated heterocycles. The lowest BCUT2D eigenvalue weighted by Crippen LogP contribution is -2.09. The molecule has 1 aromatic rings. The Kier molecular flexibility index (Phi) is 2.11. The molecule has 1 heterocycles. The van der Waals surface area contributed by atoms with E-state index in [1.807, 2.05) is 6.92 Å². The molecule has 0 radical (unpaired) electrons. The van der Waals surface area contributed by atoms with Crippen LogP contribution < -0.4 is 17.0 Å². The summed E-state index contributed by atoms with van der Waals surface area (Å²) in [5.41, 5.74) is 8.40. The number of thiophene rings is 1. The van der Waals surface area contributed by atoms with Gasteiger partial charge in [0.1, 0.15) is 5.00 Å². The van der Waals surface area contributed by atoms with Crippen molar-refractivity contribution in [1.29, 1.82) is 0 Å². The van der Waals surface area contributed by atoms with Gasteiger partial charge in [0.05, 0.1) is 4.88 Å². The van der Waals surface area contributed by atoms with Gasteiger partial charge in [0, 0.05) is 0 Å². The molecule has 0 aliphatic carbocycles. The Hall–Kier alpha value is -1.07. The minimum absolute atomic E-state index is 0.408. The average molecular weight is 171 g/mol. The van der Waals surface area contributed by atoms with Gasteiger partial charge in [-0.05, 0) is 18.6 Å². The number of hydrazine groups is 1. The van der Waals surface area contributed by atoms with Crippen LogP contribution in [0, 0.1) is 6.92 Å². The van der Waals surface area contributed by atoms with Gasteiger partial charge >= 0.3 is 0 Å². The molecule has 0 saturated carbocycles. The Labute approximate surface area is 68.2 Å². The maximum absolute atomic E-state index is 10.7. The van der Waals surface area contributed by atoms with Crippen molar-refractivity contribution in [3.8, 4) is 0 Å². The van der Waals surface area contributed by atoms with Crippen molar-refractivity contribution in [2.24, 2.45) is 11.6 Å². The minimum atomic E-state index is -0.408. The zero-order valence-electron chi connectivity index (χ0n) is 6.05. The molecule has 0 bridgehead atoms. The topological polar surface area (TPSA) is 81.1 Å². The number of primary amides is 1. The quantitative estimate of drug-likeness (QED) is 0.446. The molecule has 0 unspecified atom stereocenters. The fourth-order valence-electron chi connectivity index (χ4n) is 0.798. The molecule has 1 rings (SSSR count). The molecule has 1 amide bonds. The highest BCUT2D eigenvalue weighted by molar-refractivity contribution is 7.18. The molecule has 0 aromatic carbocycles. The van der Waals surface area contributed by atoms with Crippen LogP contribution in [0.2, 0.25) is 0 Å². The van der Waals surface area contributed by atoms with Crippen LogP contribution in [0.1, 0.15) is 15.2 Å². The molecule has 0 fully saturated rings. The Bertz CT molecular complexity index is 281. The highest BCUT2D eigenvalue weighted by Crippen LogP contribution is 2.24. The number of nitrogens with two attached hydrogens (primary N) is 2. The molecule has 4 nitrogen and oxygen atoms in total. The van der Waals surface area contributed by atoms with Crippen molar-refractivity contribution in [3.63, 3.8) is 0 Å². The lowest BCUT2D eigenvalue weighted by Gasteiger charge is -1.88. The van der Waals surface area contributed by atoms with E-state index in [0.717, 1.165) is 10.6 Å². The number of carbonyl (C=O) groups excluding carboxylic acids is 1. The Morgan fingerprint density at radius 2 is 2.36 bits per heavy atom. The summed E-state index contributed by atoms with van der Waals surface area (Å²) in [5, 5.41) is 0.747. The summed E-state index contributed by atoms with van der Waals surface area (Å²) in [4.78, 5) is 11.3. The standard InChI is InChI=1S/C6H9N3OS/c1-3-2-4(9-8)11-5(3)6(7)10/h2,9H,8H2,1H3,(H2,7,10). The minimum Gasteiger partial charge on any atom is -0.365 e. The zero-order chi connectivity index (χ0) is 8.43. The number of nitrogen functional groups attached to an aromatic ring is 1. The van der Waals surface area contributed by atoms with Crippen LogP contribution in [0.5, 0.6) is 0 Å². The summed E-state index contributed by atoms with van der Waals surface area (Å²) in [5.74, 6) is 4.73. The van der Waals surface area contributed by atoms with Crippen molar-refractivity contribution in [2.75, 3.05) is 5.43 Å². The van der Waals surface area contributed by atoms with Gasteiger partial charge in [-0.15, -0.1) is 11.3 Å². The van der Waals surface area contributed by atoms with Crippen LogP contribution in [0.4, 0.5) is 5.00 Å². The van der Waals surface area contributed by atoms with Crippen molar-refractivity contribution in [1.82, 2.24) is 0 Å². The number of amides is 1. The van der Waals surface area contributed by atoms with Gasteiger partial charge in [-0.3, -0.25) is 4.79 Å². The van der Waals surface area contributed by atoms with Crippen molar-refractivity contribution in [3.05, 3.63) is 16.5 Å². The summed E-state index contributed by atoms with van der Waals surface area (Å²) in [6.45, 7) is 1.82. The fraction of sp³-hybridized carbons (Fsp3) is 0.167. The number of carbonyl (C=O) groups is 1. The Morgan fingerprint density at radius 3 is 2.64 bits per heavy atom. The molecule has 60 valence electrons. The van der Waals surface area contributed by atoms with Crippen LogP contribution in [0.15, 0.2) is 6.07 Å². The number of nitrogens with one attached hydrogen (secondary N) is 1. The van der Waals surface area contributed by atoms with Gasteiger partial charge < -0.3 is 11.2 Å². The number of hydrogen-bond acceptors (Lipinski definition) is 4. The van der Waals surface area contributed by atoms with E-state index in [4.69, 9.17) is 11.6 Å². The van der Waals surface area contributed by atoms with Crippen molar-refractivity contribution >= 4 is 22.2 Å². The van der Waals surface area contributed by atoms with Gasteiger partial charge in [-0.25, -0.2) is 5.84 Å². The maximum atomic E-state index is 10.7. The predicted octanol–water partition coefficient (Wildman–Crippen LogP) is 0.441. The first-order chi connectivity index (χ1) is 5.15. The third-order valence-corrected chi connectivity index (χ3v) is 2.47. The Morgan fingerprint density at radius 1 is 1.73 bits per heavy atom. The SMILES string of the molecule is Cc1cc(NN)sc1C(N)=O. The van der Waals surface area contributed by atoms with E-state index in [0.29, 0.717) is 4.88 Å². The van der Waals surface area contributed by atoms with E-state index >= 15 is 0 Å². The number of hydrogen-bond donors (Lipinski definition) is 3. The smallest absolute Gasteiger partial charge is 0.259 e. The van der Waals surface area contributed by atoms with E-state index < -0.39 is 5.91 Å². The molecule has 0 spiro atoms. The molecule has 0 aliphatic heterocycles. The van der Waals surface area contributed by atoms with Crippen LogP contribution in [0.3, 0.4) is 0 Å². The van der Waals surface area contributed by atoms with E-state index in [1.54, 1.807) is 6.07 Å². The molecular weight excluding hydrogens is 162 g/mol. The van der Waals surface area contributed by atoms with Crippen LogP contribution >= 0.6 is 11.3 Å². The highest BCUT2D eigenvalue weighted by atomic mass is 32.1. The van der Waals surface area contributed by atoms with Gasteiger partial charge in [0.2, 0.25) is 0 Å². The second kappa shape index (κ2) is 2.89. The monoisotopic (exact) mass is 171 g/mol. The maximum Gasteiger partial charge on any atom is 0.259 e. The van der Waals surface area contributed by atoms with E-state index in [2.05, 4.69) is 5.43 Å². The second-order valence-corrected chi connectivity index (χ2v) is 3.18. The van der Waals surface area contributed by atoms with Crippen molar-refractivity contribution in [2.45, 2.75) is 6.92 Å². The van der Waals surface area contributed by atoms with Gasteiger partial charge in [-0.1, -0.05) is 0 Å². The average Bonchev–Trinajstić information content (AvgIpc) is 2.30. The summed E-state index contributed by atoms with van der Waals surface area (Å²) in [6, 6.07) is 1.78. The normalized spacial score (nSPS) is 9.64. The summed E-state index contributed by atoms with van der Waals surface area (Å²) in [6.07, 6.45) is 0. The molecule has 0 aliphatic rings. The first-order valence-electron chi connectivity index (χ1n) is 3.02. The molecule has 11 heavy (non-hydrogen) atoms. The lowest BCUT2D eigenvalue weighted by atomic mass is 10.3. The van der Waals surface area contributed by atoms with Gasteiger partial charge in [0.15, 0.2) is 0 Å². The van der Waals surface area contributed by atoms with E-state index in [-0.39, 0.29) is 0 Å². The summed E-state index contributed by atoms with van der Waals surface area (Å²) >= 11 is 1.26. The zero-order valence-corrected chi connectivity index (χ0v) is 6.87. The molecular formula is C6H9N3OS. The number of aryl methyl sites for hydroxylation is 1. The van der Waals surface area contributed by atoms with E-state index in [1.165, 1.54) is 11.3 Å². The van der Waals surface area contributed by atoms with Crippen LogP contribution in [0.25, 0.3) is 0 Å². The number of anilines is 1. The number of rotatable bonds is 2. The molecule has 5 heteroatoms. The predicted molar refractivity (Wildman–Crippen MR) is 45.4 cm³/mol. The largest absolute Gasteiger partial charge is 0.365 e. The Balaban J connectivity index is 3.07. The fourth-order valence-corrected chi connectivity index (χ4v) is 1.63. The van der Waals surface area contributed by atoms with Crippen LogP contribution in [-0.2, 0) is 0 Å². The van der Waals surface area contributed by atoms with Gasteiger partial charge in [0.25, 0.3) is 5.91 Å². The highest BCUT2D eigenvalue weighted by Gasteiger charge is 2.08. The first-order valence-corrected chi connectivity index (χ1v) is 3.83. The third-order valence-electron chi connectivity index (χ3n) is 1.28. The third kappa shape index (κ3) is 1.50. The molecule has 0 atom stereocenters.